The van der Waals surface area contributed by atoms with Gasteiger partial charge in [-0.05, 0) is 43.2 Å². The van der Waals surface area contributed by atoms with Gasteiger partial charge in [-0.3, -0.25) is 0 Å². The number of hydrogen-bond donors (Lipinski definition) is 5. The molecule has 0 aliphatic rings. The van der Waals surface area contributed by atoms with Gasteiger partial charge in [0.25, 0.3) is 0 Å². The van der Waals surface area contributed by atoms with Crippen LogP contribution >= 0.6 is 8.15 Å². The van der Waals surface area contributed by atoms with Gasteiger partial charge in [0.15, 0.2) is 0 Å². The molecule has 0 saturated heterocycles. The molecule has 0 saturated carbocycles. The first kappa shape index (κ1) is 27.9. The van der Waals surface area contributed by atoms with E-state index in [1.807, 2.05) is 61.5 Å². The van der Waals surface area contributed by atoms with Crippen molar-refractivity contribution in [1.82, 2.24) is 5.32 Å². The van der Waals surface area contributed by atoms with E-state index in [1.165, 1.54) is 18.4 Å². The van der Waals surface area contributed by atoms with Crippen LogP contribution in [0, 0.1) is 0 Å². The third kappa shape index (κ3) is 9.41. The van der Waals surface area contributed by atoms with Crippen LogP contribution in [0.2, 0.25) is 0 Å². The topological polar surface area (TPSA) is 120 Å². The minimum absolute atomic E-state index is 0.0289. The average Bonchev–Trinajstić information content (AvgIpc) is 2.87. The summed E-state index contributed by atoms with van der Waals surface area (Å²) >= 11 is 0. The molecule has 0 fully saturated rings. The molecule has 3 rings (SSSR count). The van der Waals surface area contributed by atoms with E-state index in [0.29, 0.717) is 23.7 Å². The van der Waals surface area contributed by atoms with Gasteiger partial charge in [0.1, 0.15) is 47.3 Å². The molecular weight excluding hydrogens is 499 g/mol. The van der Waals surface area contributed by atoms with Gasteiger partial charge in [-0.25, -0.2) is 4.21 Å². The lowest BCUT2D eigenvalue weighted by atomic mass is 10.1. The molecule has 0 spiro atoms. The summed E-state index contributed by atoms with van der Waals surface area (Å²) in [6.45, 7) is 2.46. The Morgan fingerprint density at radius 2 is 1.69 bits per heavy atom. The van der Waals surface area contributed by atoms with E-state index in [9.17, 15) is 19.3 Å². The number of aromatic hydroxyl groups is 1. The quantitative estimate of drug-likeness (QED) is 0.160. The monoisotopic (exact) mass is 532 g/mol. The predicted octanol–water partition coefficient (Wildman–Crippen LogP) is 3.11. The molecule has 4 unspecified atom stereocenters. The van der Waals surface area contributed by atoms with E-state index in [1.54, 1.807) is 6.07 Å². The first-order chi connectivity index (χ1) is 17.3. The van der Waals surface area contributed by atoms with Crippen molar-refractivity contribution in [3.8, 4) is 17.2 Å². The molecule has 36 heavy (non-hydrogen) atoms. The highest BCUT2D eigenvalue weighted by molar-refractivity contribution is 7.85. The van der Waals surface area contributed by atoms with Crippen LogP contribution in [-0.4, -0.2) is 57.2 Å². The number of phenolic OH excluding ortho intramolecular Hbond substituents is 1. The second-order valence-corrected chi connectivity index (χ2v) is 11.1. The number of hydrogen-bond acceptors (Lipinski definition) is 7. The number of benzene rings is 3. The van der Waals surface area contributed by atoms with E-state index >= 15 is 0 Å². The molecule has 10 heteroatoms. The van der Waals surface area contributed by atoms with E-state index < -0.39 is 25.2 Å². The van der Waals surface area contributed by atoms with Crippen molar-refractivity contribution in [2.24, 2.45) is 0 Å². The lowest BCUT2D eigenvalue weighted by Crippen LogP contribution is -2.37. The normalized spacial score (nSPS) is 14.4. The Morgan fingerprint density at radius 1 is 1.00 bits per heavy atom. The molecule has 3 aromatic carbocycles. The summed E-state index contributed by atoms with van der Waals surface area (Å²) in [4.78, 5) is 10.3. The largest absolute Gasteiger partial charge is 0.506 e. The Kier molecular flexibility index (Phi) is 11.0. The number of ether oxygens (including phenoxy) is 2. The SMILES string of the molecule is CC(Cc1ccc(OCP(O)c2ccccc2)cc1)NCC(O)COc1ccc(O)c(NS(C)=O)c1. The molecule has 0 bridgehead atoms. The molecule has 4 atom stereocenters. The Bertz CT molecular complexity index is 1100. The highest BCUT2D eigenvalue weighted by Crippen LogP contribution is 2.30. The molecule has 0 amide bonds. The summed E-state index contributed by atoms with van der Waals surface area (Å²) in [6.07, 6.45) is 1.75. The third-order valence-corrected chi connectivity index (χ3v) is 7.01. The van der Waals surface area contributed by atoms with Crippen LogP contribution in [0.5, 0.6) is 17.2 Å². The fourth-order valence-electron chi connectivity index (χ4n) is 3.39. The van der Waals surface area contributed by atoms with E-state index in [0.717, 1.165) is 17.3 Å². The lowest BCUT2D eigenvalue weighted by molar-refractivity contribution is 0.104. The second-order valence-electron chi connectivity index (χ2n) is 8.37. The smallest absolute Gasteiger partial charge is 0.139 e. The van der Waals surface area contributed by atoms with Gasteiger partial charge in [-0.1, -0.05) is 42.5 Å². The number of aliphatic hydroxyl groups is 1. The number of rotatable bonds is 14. The van der Waals surface area contributed by atoms with Crippen LogP contribution < -0.4 is 24.8 Å². The molecule has 0 aliphatic heterocycles. The number of aliphatic hydroxyl groups excluding tert-OH is 1. The van der Waals surface area contributed by atoms with Crippen molar-refractivity contribution >= 4 is 30.1 Å². The molecule has 0 aliphatic carbocycles. The highest BCUT2D eigenvalue weighted by Gasteiger charge is 2.11. The van der Waals surface area contributed by atoms with E-state index in [-0.39, 0.29) is 24.7 Å². The molecule has 194 valence electrons. The highest BCUT2D eigenvalue weighted by atomic mass is 32.2. The van der Waals surface area contributed by atoms with Crippen molar-refractivity contribution in [1.29, 1.82) is 0 Å². The summed E-state index contributed by atoms with van der Waals surface area (Å²) in [5, 5.41) is 24.3. The fraction of sp³-hybridized carbons (Fsp3) is 0.308. The average molecular weight is 533 g/mol. The Hall–Kier alpha value is -2.68. The summed E-state index contributed by atoms with van der Waals surface area (Å²) in [7, 11) is -2.68. The molecule has 8 nitrogen and oxygen atoms in total. The van der Waals surface area contributed by atoms with Gasteiger partial charge in [0.2, 0.25) is 0 Å². The summed E-state index contributed by atoms with van der Waals surface area (Å²) in [5.74, 6) is 1.13. The lowest BCUT2D eigenvalue weighted by Gasteiger charge is -2.18. The second kappa shape index (κ2) is 14.2. The zero-order valence-corrected chi connectivity index (χ0v) is 22.0. The first-order valence-corrected chi connectivity index (χ1v) is 14.5. The number of anilines is 1. The van der Waals surface area contributed by atoms with Gasteiger partial charge in [0.05, 0.1) is 13.8 Å². The van der Waals surface area contributed by atoms with Gasteiger partial charge in [-0.2, -0.15) is 0 Å². The van der Waals surface area contributed by atoms with Crippen LogP contribution in [0.25, 0.3) is 0 Å². The Labute approximate surface area is 215 Å². The Balaban J connectivity index is 1.37. The van der Waals surface area contributed by atoms with Gasteiger partial charge in [-0.15, -0.1) is 0 Å². The molecule has 3 aromatic rings. The minimum atomic E-state index is -1.35. The maximum atomic E-state index is 11.3. The standard InChI is InChI=1S/C26H33N2O6PS/c1-19(27-16-21(29)17-33-23-12-13-26(30)25(15-23)28-36(2)32)14-20-8-10-22(11-9-20)34-18-35(31)24-6-4-3-5-7-24/h3-13,15,19,21,27-31H,14,16-18H2,1-2H3. The zero-order valence-electron chi connectivity index (χ0n) is 20.3. The maximum Gasteiger partial charge on any atom is 0.139 e. The predicted molar refractivity (Wildman–Crippen MR) is 146 cm³/mol. The fourth-order valence-corrected chi connectivity index (χ4v) is 4.80. The minimum Gasteiger partial charge on any atom is -0.506 e. The molecule has 5 N–H and O–H groups in total. The first-order valence-electron chi connectivity index (χ1n) is 11.5. The Morgan fingerprint density at radius 3 is 2.39 bits per heavy atom. The molecule has 0 aromatic heterocycles. The van der Waals surface area contributed by atoms with Crippen LogP contribution in [0.1, 0.15) is 12.5 Å². The van der Waals surface area contributed by atoms with Crippen LogP contribution in [0.4, 0.5) is 5.69 Å². The molecular formula is C26H33N2O6PS. The van der Waals surface area contributed by atoms with Gasteiger partial charge in [0, 0.05) is 30.2 Å². The number of nitrogens with one attached hydrogen (secondary N) is 2. The van der Waals surface area contributed by atoms with Crippen molar-refractivity contribution in [3.05, 3.63) is 78.4 Å². The van der Waals surface area contributed by atoms with Crippen LogP contribution in [-0.2, 0) is 17.4 Å². The third-order valence-electron chi connectivity index (χ3n) is 5.24. The van der Waals surface area contributed by atoms with E-state index in [4.69, 9.17) is 9.47 Å². The van der Waals surface area contributed by atoms with Crippen molar-refractivity contribution in [2.75, 3.05) is 30.5 Å². The van der Waals surface area contributed by atoms with Crippen molar-refractivity contribution < 1.29 is 28.8 Å². The van der Waals surface area contributed by atoms with Crippen LogP contribution in [0.3, 0.4) is 0 Å². The van der Waals surface area contributed by atoms with Crippen LogP contribution in [0.15, 0.2) is 72.8 Å². The summed E-state index contributed by atoms with van der Waals surface area (Å²) in [6, 6.07) is 22.0. The number of phenols is 1. The van der Waals surface area contributed by atoms with Crippen molar-refractivity contribution in [2.45, 2.75) is 25.5 Å². The zero-order chi connectivity index (χ0) is 25.9. The van der Waals surface area contributed by atoms with Gasteiger partial charge >= 0.3 is 0 Å². The van der Waals surface area contributed by atoms with E-state index in [2.05, 4.69) is 10.0 Å². The maximum absolute atomic E-state index is 11.3. The molecule has 0 radical (unpaired) electrons. The molecule has 0 heterocycles. The van der Waals surface area contributed by atoms with Gasteiger partial charge < -0.3 is 34.6 Å². The van der Waals surface area contributed by atoms with Crippen molar-refractivity contribution in [3.63, 3.8) is 0 Å². The summed E-state index contributed by atoms with van der Waals surface area (Å²) in [5.41, 5.74) is 1.43. The summed E-state index contributed by atoms with van der Waals surface area (Å²) < 4.78 is 25.3.